The molecule has 0 saturated carbocycles. The zero-order chi connectivity index (χ0) is 14.2. The van der Waals surface area contributed by atoms with E-state index in [2.05, 4.69) is 22.8 Å². The fourth-order valence-electron chi connectivity index (χ4n) is 2.89. The van der Waals surface area contributed by atoms with Gasteiger partial charge in [-0.15, -0.1) is 0 Å². The molecule has 0 bridgehead atoms. The SMILES string of the molecule is OCC#Cc1ccccc1CN1CCCC1CCCO. The molecule has 1 aliphatic heterocycles. The zero-order valence-electron chi connectivity index (χ0n) is 11.9. The van der Waals surface area contributed by atoms with Crippen LogP contribution in [-0.4, -0.2) is 40.9 Å². The van der Waals surface area contributed by atoms with Crippen molar-refractivity contribution in [2.45, 2.75) is 38.3 Å². The Morgan fingerprint density at radius 3 is 2.90 bits per heavy atom. The number of nitrogens with zero attached hydrogens (tertiary/aromatic N) is 1. The Labute approximate surface area is 121 Å². The fourth-order valence-corrected chi connectivity index (χ4v) is 2.89. The number of aliphatic hydroxyl groups is 2. The molecule has 1 saturated heterocycles. The maximum Gasteiger partial charge on any atom is 0.104 e. The van der Waals surface area contributed by atoms with Gasteiger partial charge < -0.3 is 10.2 Å². The quantitative estimate of drug-likeness (QED) is 0.804. The molecule has 1 atom stereocenters. The van der Waals surface area contributed by atoms with Crippen LogP contribution in [-0.2, 0) is 6.54 Å². The van der Waals surface area contributed by atoms with Crippen LogP contribution in [0, 0.1) is 11.8 Å². The van der Waals surface area contributed by atoms with Crippen molar-refractivity contribution in [3.63, 3.8) is 0 Å². The molecule has 1 fully saturated rings. The molecule has 0 amide bonds. The number of rotatable bonds is 5. The van der Waals surface area contributed by atoms with Crippen LogP contribution in [0.25, 0.3) is 0 Å². The summed E-state index contributed by atoms with van der Waals surface area (Å²) in [5, 5.41) is 17.8. The highest BCUT2D eigenvalue weighted by molar-refractivity contribution is 5.41. The Morgan fingerprint density at radius 2 is 2.10 bits per heavy atom. The lowest BCUT2D eigenvalue weighted by Crippen LogP contribution is -2.29. The second-order valence-electron chi connectivity index (χ2n) is 5.25. The maximum absolute atomic E-state index is 8.98. The lowest BCUT2D eigenvalue weighted by molar-refractivity contribution is 0.210. The molecule has 1 aromatic rings. The average Bonchev–Trinajstić information content (AvgIpc) is 2.91. The largest absolute Gasteiger partial charge is 0.396 e. The van der Waals surface area contributed by atoms with E-state index < -0.39 is 0 Å². The first-order valence-electron chi connectivity index (χ1n) is 7.37. The second-order valence-corrected chi connectivity index (χ2v) is 5.25. The number of likely N-dealkylation sites (tertiary alicyclic amines) is 1. The third kappa shape index (κ3) is 4.08. The molecule has 3 heteroatoms. The van der Waals surface area contributed by atoms with Crippen molar-refractivity contribution in [2.24, 2.45) is 0 Å². The highest BCUT2D eigenvalue weighted by Crippen LogP contribution is 2.24. The minimum Gasteiger partial charge on any atom is -0.396 e. The van der Waals surface area contributed by atoms with Gasteiger partial charge in [-0.3, -0.25) is 4.90 Å². The van der Waals surface area contributed by atoms with Crippen molar-refractivity contribution in [1.29, 1.82) is 0 Å². The summed E-state index contributed by atoms with van der Waals surface area (Å²) in [5.41, 5.74) is 2.23. The Kier molecular flexibility index (Phi) is 6.07. The van der Waals surface area contributed by atoms with Crippen molar-refractivity contribution in [3.8, 4) is 11.8 Å². The van der Waals surface area contributed by atoms with Crippen LogP contribution >= 0.6 is 0 Å². The molecule has 2 rings (SSSR count). The van der Waals surface area contributed by atoms with E-state index in [1.165, 1.54) is 18.4 Å². The van der Waals surface area contributed by atoms with Crippen molar-refractivity contribution in [1.82, 2.24) is 4.90 Å². The minimum absolute atomic E-state index is 0.100. The average molecular weight is 273 g/mol. The van der Waals surface area contributed by atoms with E-state index >= 15 is 0 Å². The Bertz CT molecular complexity index is 475. The molecular weight excluding hydrogens is 250 g/mol. The van der Waals surface area contributed by atoms with Gasteiger partial charge in [-0.05, 0) is 43.9 Å². The summed E-state index contributed by atoms with van der Waals surface area (Å²) in [6.45, 7) is 2.21. The lowest BCUT2D eigenvalue weighted by atomic mass is 10.1. The molecule has 1 heterocycles. The van der Waals surface area contributed by atoms with E-state index in [-0.39, 0.29) is 13.2 Å². The topological polar surface area (TPSA) is 43.7 Å². The van der Waals surface area contributed by atoms with Crippen LogP contribution in [0.3, 0.4) is 0 Å². The molecule has 0 aliphatic carbocycles. The van der Waals surface area contributed by atoms with E-state index in [1.54, 1.807) is 0 Å². The predicted molar refractivity (Wildman–Crippen MR) is 80.2 cm³/mol. The van der Waals surface area contributed by atoms with E-state index in [1.807, 2.05) is 18.2 Å². The van der Waals surface area contributed by atoms with Crippen LogP contribution < -0.4 is 0 Å². The minimum atomic E-state index is -0.100. The number of hydrogen-bond donors (Lipinski definition) is 2. The van der Waals surface area contributed by atoms with Gasteiger partial charge in [0.1, 0.15) is 6.61 Å². The number of hydrogen-bond acceptors (Lipinski definition) is 3. The van der Waals surface area contributed by atoms with Crippen LogP contribution in [0.2, 0.25) is 0 Å². The molecule has 0 radical (unpaired) electrons. The summed E-state index contributed by atoms with van der Waals surface area (Å²) in [6, 6.07) is 8.73. The van der Waals surface area contributed by atoms with E-state index in [0.29, 0.717) is 6.04 Å². The molecule has 1 aliphatic rings. The van der Waals surface area contributed by atoms with Gasteiger partial charge in [0.25, 0.3) is 0 Å². The van der Waals surface area contributed by atoms with Crippen LogP contribution in [0.15, 0.2) is 24.3 Å². The monoisotopic (exact) mass is 273 g/mol. The maximum atomic E-state index is 8.98. The summed E-state index contributed by atoms with van der Waals surface area (Å²) >= 11 is 0. The molecule has 1 aromatic carbocycles. The van der Waals surface area contributed by atoms with Gasteiger partial charge in [-0.1, -0.05) is 30.0 Å². The highest BCUT2D eigenvalue weighted by atomic mass is 16.3. The van der Waals surface area contributed by atoms with Gasteiger partial charge in [0.2, 0.25) is 0 Å². The molecule has 0 spiro atoms. The standard InChI is InChI=1S/C17H23NO2/c19-12-4-8-15-6-1-2-7-16(15)14-18-11-3-9-17(18)10-5-13-20/h1-2,6-7,17,19-20H,3,5,9-14H2. The van der Waals surface area contributed by atoms with Gasteiger partial charge in [0, 0.05) is 24.8 Å². The first-order valence-corrected chi connectivity index (χ1v) is 7.37. The van der Waals surface area contributed by atoms with Gasteiger partial charge in [-0.2, -0.15) is 0 Å². The number of benzene rings is 1. The third-order valence-electron chi connectivity index (χ3n) is 3.89. The molecule has 1 unspecified atom stereocenters. The van der Waals surface area contributed by atoms with Crippen molar-refractivity contribution in [3.05, 3.63) is 35.4 Å². The predicted octanol–water partition coefficient (Wildman–Crippen LogP) is 1.77. The summed E-state index contributed by atoms with van der Waals surface area (Å²) in [4.78, 5) is 2.50. The number of aliphatic hydroxyl groups excluding tert-OH is 2. The first-order chi connectivity index (χ1) is 9.85. The van der Waals surface area contributed by atoms with Crippen LogP contribution in [0.1, 0.15) is 36.8 Å². The van der Waals surface area contributed by atoms with Gasteiger partial charge >= 0.3 is 0 Å². The summed E-state index contributed by atoms with van der Waals surface area (Å²) in [5.74, 6) is 5.76. The molecule has 20 heavy (non-hydrogen) atoms. The van der Waals surface area contributed by atoms with E-state index in [9.17, 15) is 0 Å². The van der Waals surface area contributed by atoms with Crippen molar-refractivity contribution in [2.75, 3.05) is 19.8 Å². The second kappa shape index (κ2) is 8.06. The third-order valence-corrected chi connectivity index (χ3v) is 3.89. The molecule has 0 aromatic heterocycles. The normalized spacial score (nSPS) is 18.8. The van der Waals surface area contributed by atoms with Gasteiger partial charge in [0.05, 0.1) is 0 Å². The molecule has 3 nitrogen and oxygen atoms in total. The summed E-state index contributed by atoms with van der Waals surface area (Å²) in [6.07, 6.45) is 4.42. The Morgan fingerprint density at radius 1 is 1.25 bits per heavy atom. The van der Waals surface area contributed by atoms with Crippen molar-refractivity contribution < 1.29 is 10.2 Å². The highest BCUT2D eigenvalue weighted by Gasteiger charge is 2.24. The Hall–Kier alpha value is -1.34. The fraction of sp³-hybridized carbons (Fsp3) is 0.529. The Balaban J connectivity index is 2.05. The summed E-state index contributed by atoms with van der Waals surface area (Å²) in [7, 11) is 0. The van der Waals surface area contributed by atoms with E-state index in [4.69, 9.17) is 10.2 Å². The molecule has 2 N–H and O–H groups in total. The lowest BCUT2D eigenvalue weighted by Gasteiger charge is -2.24. The molecular formula is C17H23NO2. The van der Waals surface area contributed by atoms with Crippen molar-refractivity contribution >= 4 is 0 Å². The smallest absolute Gasteiger partial charge is 0.104 e. The zero-order valence-corrected chi connectivity index (χ0v) is 11.9. The molecule has 108 valence electrons. The van der Waals surface area contributed by atoms with Crippen LogP contribution in [0.4, 0.5) is 0 Å². The first kappa shape index (κ1) is 15.1. The van der Waals surface area contributed by atoms with Gasteiger partial charge in [0.15, 0.2) is 0 Å². The van der Waals surface area contributed by atoms with E-state index in [0.717, 1.165) is 31.5 Å². The summed E-state index contributed by atoms with van der Waals surface area (Å²) < 4.78 is 0. The van der Waals surface area contributed by atoms with Gasteiger partial charge in [-0.25, -0.2) is 0 Å². The van der Waals surface area contributed by atoms with Crippen LogP contribution in [0.5, 0.6) is 0 Å².